The van der Waals surface area contributed by atoms with Gasteiger partial charge in [-0.3, -0.25) is 10.1 Å². The maximum absolute atomic E-state index is 13.3. The number of benzene rings is 1. The van der Waals surface area contributed by atoms with E-state index in [0.29, 0.717) is 17.0 Å². The van der Waals surface area contributed by atoms with Gasteiger partial charge in [-0.15, -0.1) is 11.3 Å². The highest BCUT2D eigenvalue weighted by Crippen LogP contribution is 2.26. The summed E-state index contributed by atoms with van der Waals surface area (Å²) in [6.07, 6.45) is 0.652. The number of nitrogens with zero attached hydrogens (tertiary/aromatic N) is 2. The zero-order valence-electron chi connectivity index (χ0n) is 14.4. The molecule has 9 heteroatoms. The number of carbonyl (C=O) groups excluding carboxylic acids is 2. The van der Waals surface area contributed by atoms with Gasteiger partial charge >= 0.3 is 5.97 Å². The minimum Gasteiger partial charge on any atom is -0.448 e. The summed E-state index contributed by atoms with van der Waals surface area (Å²) >= 11 is 1.12. The fourth-order valence-electron chi connectivity index (χ4n) is 2.27. The first-order valence-corrected chi connectivity index (χ1v) is 8.77. The van der Waals surface area contributed by atoms with Gasteiger partial charge in [0.25, 0.3) is 5.91 Å². The Kier molecular flexibility index (Phi) is 5.31. The second-order valence-corrected chi connectivity index (χ2v) is 6.57. The van der Waals surface area contributed by atoms with E-state index >= 15 is 0 Å². The number of amides is 1. The highest BCUT2D eigenvalue weighted by atomic mass is 32.1. The van der Waals surface area contributed by atoms with Crippen molar-refractivity contribution in [2.75, 3.05) is 5.32 Å². The van der Waals surface area contributed by atoms with Gasteiger partial charge < -0.3 is 9.30 Å². The number of aryl methyl sites for hydroxylation is 1. The van der Waals surface area contributed by atoms with Crippen molar-refractivity contribution in [3.63, 3.8) is 0 Å². The van der Waals surface area contributed by atoms with Crippen LogP contribution in [0.3, 0.4) is 0 Å². The zero-order valence-corrected chi connectivity index (χ0v) is 15.2. The maximum Gasteiger partial charge on any atom is 0.355 e. The van der Waals surface area contributed by atoms with Crippen molar-refractivity contribution in [1.29, 1.82) is 0 Å². The Morgan fingerprint density at radius 1 is 1.26 bits per heavy atom. The standard InChI is InChI=1S/C18H15F2N3O3S/c1-10(26-17(25)15-4-3-7-23(15)2)16(24)22-18-21-14(9-27-18)11-5-6-12(19)13(20)8-11/h3-10H,1-2H3,(H,21,22,24)/t10-/m1/s1. The molecule has 0 radical (unpaired) electrons. The maximum atomic E-state index is 13.3. The van der Waals surface area contributed by atoms with Gasteiger partial charge in [-0.1, -0.05) is 0 Å². The van der Waals surface area contributed by atoms with E-state index in [1.54, 1.807) is 35.3 Å². The molecule has 0 unspecified atom stereocenters. The number of aromatic nitrogens is 2. The molecule has 1 N–H and O–H groups in total. The number of rotatable bonds is 5. The summed E-state index contributed by atoms with van der Waals surface area (Å²) in [4.78, 5) is 28.4. The molecule has 3 aromatic rings. The van der Waals surface area contributed by atoms with Crippen LogP contribution in [-0.4, -0.2) is 27.5 Å². The molecule has 1 aromatic carbocycles. The zero-order chi connectivity index (χ0) is 19.6. The predicted molar refractivity (Wildman–Crippen MR) is 96.4 cm³/mol. The van der Waals surface area contributed by atoms with Crippen LogP contribution in [0.1, 0.15) is 17.4 Å². The molecular weight excluding hydrogens is 376 g/mol. The van der Waals surface area contributed by atoms with Crippen molar-refractivity contribution >= 4 is 28.3 Å². The fourth-order valence-corrected chi connectivity index (χ4v) is 3.00. The van der Waals surface area contributed by atoms with Gasteiger partial charge in [0.15, 0.2) is 22.9 Å². The van der Waals surface area contributed by atoms with Crippen LogP contribution in [0.4, 0.5) is 13.9 Å². The van der Waals surface area contributed by atoms with E-state index < -0.39 is 29.6 Å². The summed E-state index contributed by atoms with van der Waals surface area (Å²) in [6, 6.07) is 6.70. The normalized spacial score (nSPS) is 11.9. The molecule has 0 spiro atoms. The van der Waals surface area contributed by atoms with Crippen molar-refractivity contribution in [3.8, 4) is 11.3 Å². The monoisotopic (exact) mass is 391 g/mol. The summed E-state index contributed by atoms with van der Waals surface area (Å²) in [6.45, 7) is 1.44. The second kappa shape index (κ2) is 7.67. The molecule has 0 aliphatic carbocycles. The largest absolute Gasteiger partial charge is 0.448 e. The number of halogens is 2. The Labute approximate surface area is 157 Å². The third-order valence-electron chi connectivity index (χ3n) is 3.76. The number of hydrogen-bond donors (Lipinski definition) is 1. The first kappa shape index (κ1) is 18.7. The Bertz CT molecular complexity index is 999. The van der Waals surface area contributed by atoms with Gasteiger partial charge in [0.05, 0.1) is 5.69 Å². The molecule has 27 heavy (non-hydrogen) atoms. The van der Waals surface area contributed by atoms with Gasteiger partial charge in [-0.05, 0) is 37.3 Å². The average molecular weight is 391 g/mol. The number of thiazole rings is 1. The van der Waals surface area contributed by atoms with Crippen LogP contribution < -0.4 is 5.32 Å². The Balaban J connectivity index is 1.64. The SMILES string of the molecule is C[C@@H](OC(=O)c1cccn1C)C(=O)Nc1nc(-c2ccc(F)c(F)c2)cs1. The molecule has 2 aromatic heterocycles. The van der Waals surface area contributed by atoms with Gasteiger partial charge in [-0.25, -0.2) is 18.6 Å². The predicted octanol–water partition coefficient (Wildman–Crippen LogP) is 3.61. The quantitative estimate of drug-likeness (QED) is 0.675. The fraction of sp³-hybridized carbons (Fsp3) is 0.167. The van der Waals surface area contributed by atoms with Crippen molar-refractivity contribution in [3.05, 3.63) is 59.2 Å². The van der Waals surface area contributed by atoms with Crippen molar-refractivity contribution in [1.82, 2.24) is 9.55 Å². The van der Waals surface area contributed by atoms with Crippen LogP contribution in [-0.2, 0) is 16.6 Å². The lowest BCUT2D eigenvalue weighted by Crippen LogP contribution is -2.30. The van der Waals surface area contributed by atoms with Crippen LogP contribution in [0.25, 0.3) is 11.3 Å². The lowest BCUT2D eigenvalue weighted by Gasteiger charge is -2.12. The van der Waals surface area contributed by atoms with E-state index in [2.05, 4.69) is 10.3 Å². The van der Waals surface area contributed by atoms with E-state index in [4.69, 9.17) is 4.74 Å². The van der Waals surface area contributed by atoms with Gasteiger partial charge in [0.2, 0.25) is 0 Å². The molecular formula is C18H15F2N3O3S. The molecule has 1 atom stereocenters. The minimum absolute atomic E-state index is 0.251. The highest BCUT2D eigenvalue weighted by Gasteiger charge is 2.21. The van der Waals surface area contributed by atoms with Gasteiger partial charge in [-0.2, -0.15) is 0 Å². The first-order valence-electron chi connectivity index (χ1n) is 7.89. The molecule has 0 aliphatic rings. The Hall–Kier alpha value is -3.07. The smallest absolute Gasteiger partial charge is 0.355 e. The molecule has 0 bridgehead atoms. The van der Waals surface area contributed by atoms with Gasteiger partial charge in [0.1, 0.15) is 5.69 Å². The lowest BCUT2D eigenvalue weighted by atomic mass is 10.2. The number of ether oxygens (including phenoxy) is 1. The average Bonchev–Trinajstić information content (AvgIpc) is 3.26. The topological polar surface area (TPSA) is 73.2 Å². The Morgan fingerprint density at radius 3 is 2.70 bits per heavy atom. The summed E-state index contributed by atoms with van der Waals surface area (Å²) in [5.41, 5.74) is 1.10. The van der Waals surface area contributed by atoms with Crippen molar-refractivity contribution in [2.24, 2.45) is 7.05 Å². The summed E-state index contributed by atoms with van der Waals surface area (Å²) in [5.74, 6) is -3.10. The summed E-state index contributed by atoms with van der Waals surface area (Å²) in [7, 11) is 1.69. The molecule has 1 amide bonds. The minimum atomic E-state index is -1.04. The molecule has 0 saturated heterocycles. The first-order chi connectivity index (χ1) is 12.8. The number of carbonyl (C=O) groups is 2. The molecule has 3 rings (SSSR count). The van der Waals surface area contributed by atoms with E-state index in [1.165, 1.54) is 13.0 Å². The Morgan fingerprint density at radius 2 is 2.04 bits per heavy atom. The van der Waals surface area contributed by atoms with Crippen LogP contribution >= 0.6 is 11.3 Å². The number of anilines is 1. The molecule has 0 aliphatic heterocycles. The third-order valence-corrected chi connectivity index (χ3v) is 4.51. The van der Waals surface area contributed by atoms with Crippen LogP contribution in [0.15, 0.2) is 41.9 Å². The summed E-state index contributed by atoms with van der Waals surface area (Å²) in [5, 5.41) is 4.39. The molecule has 0 saturated carbocycles. The number of esters is 1. The molecule has 6 nitrogen and oxygen atoms in total. The van der Waals surface area contributed by atoms with E-state index in [-0.39, 0.29) is 5.13 Å². The second-order valence-electron chi connectivity index (χ2n) is 5.71. The van der Waals surface area contributed by atoms with Gasteiger partial charge in [0, 0.05) is 24.2 Å². The molecule has 140 valence electrons. The van der Waals surface area contributed by atoms with E-state index in [9.17, 15) is 18.4 Å². The molecule has 0 fully saturated rings. The van der Waals surface area contributed by atoms with E-state index in [0.717, 1.165) is 23.5 Å². The number of nitrogens with one attached hydrogen (secondary N) is 1. The lowest BCUT2D eigenvalue weighted by molar-refractivity contribution is -0.123. The van der Waals surface area contributed by atoms with Crippen molar-refractivity contribution in [2.45, 2.75) is 13.0 Å². The highest BCUT2D eigenvalue weighted by molar-refractivity contribution is 7.14. The van der Waals surface area contributed by atoms with Crippen LogP contribution in [0.2, 0.25) is 0 Å². The van der Waals surface area contributed by atoms with Crippen molar-refractivity contribution < 1.29 is 23.1 Å². The number of hydrogen-bond acceptors (Lipinski definition) is 5. The van der Waals surface area contributed by atoms with Crippen LogP contribution in [0.5, 0.6) is 0 Å². The summed E-state index contributed by atoms with van der Waals surface area (Å²) < 4.78 is 33.1. The van der Waals surface area contributed by atoms with E-state index in [1.807, 2.05) is 0 Å². The third kappa shape index (κ3) is 4.20. The van der Waals surface area contributed by atoms with Crippen LogP contribution in [0, 0.1) is 11.6 Å². The molecule has 2 heterocycles.